The number of azo groups is 2. The summed E-state index contributed by atoms with van der Waals surface area (Å²) in [7, 11) is -9.66. The number of thiazole rings is 2. The smallest absolute Gasteiger partial charge is 0.313 e. The maximum atomic E-state index is 11.8. The van der Waals surface area contributed by atoms with Crippen molar-refractivity contribution < 1.29 is 45.7 Å². The lowest BCUT2D eigenvalue weighted by Gasteiger charge is -2.24. The van der Waals surface area contributed by atoms with Crippen LogP contribution in [-0.2, 0) is 20.2 Å². The fourth-order valence-electron chi connectivity index (χ4n) is 5.82. The maximum absolute atomic E-state index is 11.8. The van der Waals surface area contributed by atoms with Crippen molar-refractivity contribution in [1.82, 2.24) is 24.9 Å². The standard InChI is InChI=1S/C35H42N14O10S4/c1-5-47(6-2)21-9-11-23(43-45-34-38-29(62(54,55)56)27(19-52)60-34)25(17-21)36-31-40-32(42-33(41-31)49(13-15-50)14-16-51)37-26-18-22(48(7-3)8-4)10-12-24(26)44-46-35-39-30(63(57,58)59)28(20-53)61-35/h9-12,17-20,50-51H,5-8,13-16H2,1-4H3,(H,54,55,56)(H,57,58,59)(H2,36,37,40,41,42). The Bertz CT molecular complexity index is 2530. The number of hydrogen-bond acceptors (Lipinski definition) is 24. The van der Waals surface area contributed by atoms with E-state index in [1.807, 2.05) is 37.5 Å². The Balaban J connectivity index is 1.64. The second kappa shape index (κ2) is 21.4. The minimum Gasteiger partial charge on any atom is -0.395 e. The molecule has 0 saturated carbocycles. The zero-order valence-electron chi connectivity index (χ0n) is 34.0. The third kappa shape index (κ3) is 12.1. The Labute approximate surface area is 369 Å². The van der Waals surface area contributed by atoms with E-state index < -0.39 is 30.3 Å². The Morgan fingerprint density at radius 3 is 1.32 bits per heavy atom. The number of rotatable bonds is 23. The molecule has 0 fully saturated rings. The van der Waals surface area contributed by atoms with Gasteiger partial charge >= 0.3 is 20.2 Å². The molecule has 5 aromatic rings. The first-order chi connectivity index (χ1) is 30.1. The minimum absolute atomic E-state index is 0.0154. The van der Waals surface area contributed by atoms with E-state index in [1.165, 1.54) is 4.90 Å². The van der Waals surface area contributed by atoms with Gasteiger partial charge in [0, 0.05) is 50.6 Å². The van der Waals surface area contributed by atoms with E-state index in [9.17, 15) is 45.7 Å². The number of aldehydes is 2. The van der Waals surface area contributed by atoms with Crippen molar-refractivity contribution in [3.8, 4) is 0 Å². The Morgan fingerprint density at radius 1 is 0.603 bits per heavy atom. The number of aromatic nitrogens is 5. The molecule has 5 rings (SSSR count). The molecule has 28 heteroatoms. The molecular formula is C35H42N14O10S4. The molecule has 0 aliphatic heterocycles. The number of anilines is 7. The minimum atomic E-state index is -4.83. The van der Waals surface area contributed by atoms with Gasteiger partial charge in [0.15, 0.2) is 12.6 Å². The van der Waals surface area contributed by atoms with Crippen LogP contribution in [-0.4, -0.2) is 126 Å². The lowest BCUT2D eigenvalue weighted by Crippen LogP contribution is -2.31. The van der Waals surface area contributed by atoms with Gasteiger partial charge in [-0.2, -0.15) is 31.8 Å². The van der Waals surface area contributed by atoms with E-state index >= 15 is 0 Å². The van der Waals surface area contributed by atoms with Crippen LogP contribution in [0.5, 0.6) is 0 Å². The number of nitrogens with zero attached hydrogens (tertiary/aromatic N) is 12. The zero-order chi connectivity index (χ0) is 45.9. The lowest BCUT2D eigenvalue weighted by atomic mass is 10.2. The van der Waals surface area contributed by atoms with Crippen molar-refractivity contribution in [2.75, 3.05) is 77.8 Å². The molecule has 0 spiro atoms. The molecule has 3 heterocycles. The molecule has 0 atom stereocenters. The van der Waals surface area contributed by atoms with Crippen LogP contribution in [0.1, 0.15) is 47.0 Å². The summed E-state index contributed by atoms with van der Waals surface area (Å²) in [4.78, 5) is 49.2. The van der Waals surface area contributed by atoms with E-state index in [0.29, 0.717) is 60.2 Å². The van der Waals surface area contributed by atoms with Crippen molar-refractivity contribution in [2.24, 2.45) is 20.5 Å². The van der Waals surface area contributed by atoms with Crippen molar-refractivity contribution in [1.29, 1.82) is 0 Å². The first-order valence-electron chi connectivity index (χ1n) is 18.8. The fourth-order valence-corrected chi connectivity index (χ4v) is 9.02. The molecule has 336 valence electrons. The number of aliphatic hydroxyl groups excluding tert-OH is 2. The third-order valence-electron chi connectivity index (χ3n) is 8.76. The van der Waals surface area contributed by atoms with Gasteiger partial charge < -0.3 is 35.5 Å². The first kappa shape index (κ1) is 48.0. The number of hydrogen-bond donors (Lipinski definition) is 6. The SMILES string of the molecule is CCN(CC)c1ccc(N=Nc2nc(S(=O)(=O)O)c(C=O)s2)c(Nc2nc(Nc3cc(N(CC)CC)ccc3N=Nc3nc(S(=O)(=O)O)c(C=O)s3)nc(N(CCO)CCO)n2)c1. The number of carbonyl (C=O) groups excluding carboxylic acids is 2. The summed E-state index contributed by atoms with van der Waals surface area (Å²) >= 11 is 1.19. The Morgan fingerprint density at radius 2 is 1.00 bits per heavy atom. The van der Waals surface area contributed by atoms with Gasteiger partial charge in [-0.15, -0.1) is 20.5 Å². The summed E-state index contributed by atoms with van der Waals surface area (Å²) in [6.45, 7) is 9.81. The Hall–Kier alpha value is -6.01. The highest BCUT2D eigenvalue weighted by Gasteiger charge is 2.24. The number of benzene rings is 2. The van der Waals surface area contributed by atoms with Crippen molar-refractivity contribution in [3.05, 3.63) is 46.2 Å². The van der Waals surface area contributed by atoms with Crippen LogP contribution in [0, 0.1) is 0 Å². The molecule has 0 radical (unpaired) electrons. The van der Waals surface area contributed by atoms with Crippen LogP contribution in [0.2, 0.25) is 0 Å². The Kier molecular flexibility index (Phi) is 16.3. The molecule has 0 amide bonds. The van der Waals surface area contributed by atoms with Crippen LogP contribution in [0.25, 0.3) is 0 Å². The summed E-state index contributed by atoms with van der Waals surface area (Å²) in [5.41, 5.74) is 2.49. The van der Waals surface area contributed by atoms with Crippen LogP contribution >= 0.6 is 22.7 Å². The fraction of sp³-hybridized carbons (Fsp3) is 0.343. The highest BCUT2D eigenvalue weighted by molar-refractivity contribution is 7.86. The van der Waals surface area contributed by atoms with E-state index in [2.05, 4.69) is 56.0 Å². The maximum Gasteiger partial charge on any atom is 0.313 e. The molecule has 6 N–H and O–H groups in total. The molecule has 0 aliphatic rings. The van der Waals surface area contributed by atoms with Gasteiger partial charge in [0.25, 0.3) is 0 Å². The zero-order valence-corrected chi connectivity index (χ0v) is 37.3. The van der Waals surface area contributed by atoms with Gasteiger partial charge in [-0.3, -0.25) is 18.7 Å². The van der Waals surface area contributed by atoms with Crippen molar-refractivity contribution in [2.45, 2.75) is 37.7 Å². The molecule has 63 heavy (non-hydrogen) atoms. The molecule has 24 nitrogen and oxygen atoms in total. The molecule has 0 aliphatic carbocycles. The van der Waals surface area contributed by atoms with Gasteiger partial charge in [0.1, 0.15) is 21.1 Å². The van der Waals surface area contributed by atoms with Crippen LogP contribution in [0.3, 0.4) is 0 Å². The molecule has 0 saturated heterocycles. The van der Waals surface area contributed by atoms with Crippen LogP contribution in [0.15, 0.2) is 66.9 Å². The highest BCUT2D eigenvalue weighted by atomic mass is 32.2. The van der Waals surface area contributed by atoms with Crippen LogP contribution < -0.4 is 25.3 Å². The lowest BCUT2D eigenvalue weighted by molar-refractivity contribution is 0.111. The summed E-state index contributed by atoms with van der Waals surface area (Å²) in [5.74, 6) is -0.103. The molecule has 0 unspecified atom stereocenters. The number of carbonyl (C=O) groups is 2. The monoisotopic (exact) mass is 946 g/mol. The number of aliphatic hydroxyl groups is 2. The van der Waals surface area contributed by atoms with E-state index in [0.717, 1.165) is 11.4 Å². The van der Waals surface area contributed by atoms with E-state index in [4.69, 9.17) is 0 Å². The summed E-state index contributed by atoms with van der Waals surface area (Å²) in [6.07, 6.45) is 0.456. The van der Waals surface area contributed by atoms with Gasteiger partial charge in [-0.05, 0) is 64.1 Å². The van der Waals surface area contributed by atoms with Gasteiger partial charge in [0.2, 0.25) is 38.2 Å². The van der Waals surface area contributed by atoms with E-state index in [-0.39, 0.29) is 88.1 Å². The van der Waals surface area contributed by atoms with Gasteiger partial charge in [0.05, 0.1) is 24.6 Å². The number of nitrogens with one attached hydrogen (secondary N) is 2. The normalized spacial score (nSPS) is 11.9. The third-order valence-corrected chi connectivity index (χ3v) is 12.4. The quantitative estimate of drug-likeness (QED) is 0.0259. The average molecular weight is 947 g/mol. The summed E-state index contributed by atoms with van der Waals surface area (Å²) in [6, 6.07) is 10.3. The largest absolute Gasteiger partial charge is 0.395 e. The van der Waals surface area contributed by atoms with Crippen molar-refractivity contribution >= 4 is 118 Å². The van der Waals surface area contributed by atoms with Crippen LogP contribution in [0.4, 0.5) is 62.2 Å². The summed E-state index contributed by atoms with van der Waals surface area (Å²) in [5, 5.41) is 40.5. The highest BCUT2D eigenvalue weighted by Crippen LogP contribution is 2.37. The average Bonchev–Trinajstić information content (AvgIpc) is 3.89. The van der Waals surface area contributed by atoms with Gasteiger partial charge in [-0.1, -0.05) is 22.7 Å². The molecule has 2 aromatic carbocycles. The van der Waals surface area contributed by atoms with Crippen molar-refractivity contribution in [3.63, 3.8) is 0 Å². The van der Waals surface area contributed by atoms with Gasteiger partial charge in [-0.25, -0.2) is 9.97 Å². The topological polar surface area (TPSA) is 331 Å². The second-order valence-corrected chi connectivity index (χ2v) is 17.3. The first-order valence-corrected chi connectivity index (χ1v) is 23.4. The van der Waals surface area contributed by atoms with E-state index in [1.54, 1.807) is 36.4 Å². The predicted octanol–water partition coefficient (Wildman–Crippen LogP) is 5.70. The summed E-state index contributed by atoms with van der Waals surface area (Å²) < 4.78 is 66.3. The second-order valence-electron chi connectivity index (χ2n) is 12.6. The molecule has 0 bridgehead atoms. The molecule has 3 aromatic heterocycles. The predicted molar refractivity (Wildman–Crippen MR) is 236 cm³/mol. The molecular weight excluding hydrogens is 905 g/mol.